The molecule has 132 valence electrons. The molecule has 1 aliphatic heterocycles. The average molecular weight is 368 g/mol. The van der Waals surface area contributed by atoms with E-state index in [9.17, 15) is 10.2 Å². The average Bonchev–Trinajstić information content (AvgIpc) is 2.81. The summed E-state index contributed by atoms with van der Waals surface area (Å²) in [5, 5.41) is 31.7. The molecule has 1 aromatic heterocycles. The molecule has 1 unspecified atom stereocenters. The lowest BCUT2D eigenvalue weighted by atomic mass is 10.1. The highest BCUT2D eigenvalue weighted by Crippen LogP contribution is 2.40. The summed E-state index contributed by atoms with van der Waals surface area (Å²) in [6.07, 6.45) is -0.611. The number of phenolic OH excluding ortho intramolecular Hbond substituents is 2. The van der Waals surface area contributed by atoms with Crippen molar-refractivity contribution >= 4 is 17.4 Å². The van der Waals surface area contributed by atoms with E-state index in [1.807, 2.05) is 31.2 Å². The summed E-state index contributed by atoms with van der Waals surface area (Å²) in [6.45, 7) is 2.01. The summed E-state index contributed by atoms with van der Waals surface area (Å²) in [4.78, 5) is 4.49. The quantitative estimate of drug-likeness (QED) is 0.477. The largest absolute Gasteiger partial charge is 0.504 e. The van der Waals surface area contributed by atoms with E-state index in [1.165, 1.54) is 23.9 Å². The lowest BCUT2D eigenvalue weighted by Gasteiger charge is -2.19. The molecule has 3 N–H and O–H groups in total. The van der Waals surface area contributed by atoms with Crippen molar-refractivity contribution in [2.75, 3.05) is 11.1 Å². The molecule has 1 aliphatic rings. The number of nitrogens with one attached hydrogen (secondary N) is 1. The SMILES string of the molecule is CCSc1nnc2c(n1)OC(c1ccc(O)c(O)c1)Nc1ccccc1-2. The third-order valence-corrected chi connectivity index (χ3v) is 4.63. The zero-order chi connectivity index (χ0) is 18.1. The van der Waals surface area contributed by atoms with Crippen molar-refractivity contribution in [3.63, 3.8) is 0 Å². The van der Waals surface area contributed by atoms with E-state index in [2.05, 4.69) is 20.5 Å². The molecular formula is C18H16N4O3S. The van der Waals surface area contributed by atoms with Crippen molar-refractivity contribution in [2.45, 2.75) is 18.3 Å². The second-order valence-electron chi connectivity index (χ2n) is 5.62. The van der Waals surface area contributed by atoms with Gasteiger partial charge in [0, 0.05) is 16.8 Å². The maximum Gasteiger partial charge on any atom is 0.247 e. The van der Waals surface area contributed by atoms with E-state index in [0.29, 0.717) is 22.3 Å². The predicted molar refractivity (Wildman–Crippen MR) is 98.4 cm³/mol. The second-order valence-corrected chi connectivity index (χ2v) is 6.85. The number of anilines is 1. The number of aromatic hydroxyl groups is 2. The van der Waals surface area contributed by atoms with Crippen LogP contribution < -0.4 is 10.1 Å². The zero-order valence-electron chi connectivity index (χ0n) is 13.9. The summed E-state index contributed by atoms with van der Waals surface area (Å²) in [7, 11) is 0. The first-order valence-electron chi connectivity index (χ1n) is 8.07. The molecule has 0 fully saturated rings. The minimum absolute atomic E-state index is 0.186. The number of benzene rings is 2. The number of hydrogen-bond acceptors (Lipinski definition) is 8. The van der Waals surface area contributed by atoms with Crippen LogP contribution in [0, 0.1) is 0 Å². The molecule has 3 aromatic rings. The first-order chi connectivity index (χ1) is 12.7. The molecule has 0 aliphatic carbocycles. The number of para-hydroxylation sites is 1. The van der Waals surface area contributed by atoms with Crippen molar-refractivity contribution in [1.82, 2.24) is 15.2 Å². The van der Waals surface area contributed by atoms with E-state index in [1.54, 1.807) is 6.07 Å². The maximum absolute atomic E-state index is 9.83. The molecule has 2 heterocycles. The number of hydrogen-bond donors (Lipinski definition) is 3. The number of thioether (sulfide) groups is 1. The molecule has 0 saturated carbocycles. The Balaban J connectivity index is 1.83. The molecule has 2 aromatic carbocycles. The highest BCUT2D eigenvalue weighted by Gasteiger charge is 2.26. The first kappa shape index (κ1) is 16.5. The standard InChI is InChI=1S/C18H16N4O3S/c1-2-26-18-20-17-15(21-22-18)11-5-3-4-6-12(11)19-16(25-17)10-7-8-13(23)14(24)9-10/h3-9,16,19,23-24H,2H2,1H3. The topological polar surface area (TPSA) is 100 Å². The van der Waals surface area contributed by atoms with Crippen LogP contribution in [0.1, 0.15) is 18.7 Å². The number of ether oxygens (including phenoxy) is 1. The normalized spacial score (nSPS) is 15.2. The highest BCUT2D eigenvalue weighted by molar-refractivity contribution is 7.99. The molecule has 0 amide bonds. The van der Waals surface area contributed by atoms with Gasteiger partial charge in [-0.05, 0) is 30.0 Å². The van der Waals surface area contributed by atoms with Gasteiger partial charge in [0.25, 0.3) is 0 Å². The molecule has 7 nitrogen and oxygen atoms in total. The zero-order valence-corrected chi connectivity index (χ0v) is 14.7. The van der Waals surface area contributed by atoms with E-state index >= 15 is 0 Å². The fourth-order valence-electron chi connectivity index (χ4n) is 2.69. The lowest BCUT2D eigenvalue weighted by molar-refractivity contribution is 0.224. The molecule has 1 atom stereocenters. The van der Waals surface area contributed by atoms with Crippen LogP contribution in [0.25, 0.3) is 11.3 Å². The number of phenols is 2. The summed E-state index contributed by atoms with van der Waals surface area (Å²) >= 11 is 1.48. The van der Waals surface area contributed by atoms with Crippen molar-refractivity contribution in [2.24, 2.45) is 0 Å². The summed E-state index contributed by atoms with van der Waals surface area (Å²) in [6, 6.07) is 12.2. The Morgan fingerprint density at radius 2 is 1.96 bits per heavy atom. The Morgan fingerprint density at radius 1 is 1.12 bits per heavy atom. The van der Waals surface area contributed by atoms with Crippen molar-refractivity contribution in [3.05, 3.63) is 48.0 Å². The number of aromatic nitrogens is 3. The van der Waals surface area contributed by atoms with Crippen molar-refractivity contribution < 1.29 is 14.9 Å². The van der Waals surface area contributed by atoms with Crippen molar-refractivity contribution in [1.29, 1.82) is 0 Å². The molecule has 0 spiro atoms. The molecule has 4 rings (SSSR count). The first-order valence-corrected chi connectivity index (χ1v) is 9.06. The van der Waals surface area contributed by atoms with E-state index in [0.717, 1.165) is 17.0 Å². The van der Waals surface area contributed by atoms with Gasteiger partial charge in [0.1, 0.15) is 0 Å². The molecule has 0 radical (unpaired) electrons. The van der Waals surface area contributed by atoms with Gasteiger partial charge >= 0.3 is 0 Å². The minimum Gasteiger partial charge on any atom is -0.504 e. The van der Waals surface area contributed by atoms with Gasteiger partial charge in [-0.15, -0.1) is 10.2 Å². The third-order valence-electron chi connectivity index (χ3n) is 3.91. The van der Waals surface area contributed by atoms with Crippen LogP contribution in [0.3, 0.4) is 0 Å². The highest BCUT2D eigenvalue weighted by atomic mass is 32.2. The Kier molecular flexibility index (Phi) is 4.26. The van der Waals surface area contributed by atoms with Crippen LogP contribution in [-0.4, -0.2) is 31.1 Å². The third kappa shape index (κ3) is 2.99. The van der Waals surface area contributed by atoms with Crippen LogP contribution in [0.5, 0.6) is 17.4 Å². The summed E-state index contributed by atoms with van der Waals surface area (Å²) < 4.78 is 6.08. The molecule has 0 bridgehead atoms. The number of fused-ring (bicyclic) bond motifs is 3. The molecule has 8 heteroatoms. The van der Waals surface area contributed by atoms with Gasteiger partial charge in [-0.3, -0.25) is 0 Å². The van der Waals surface area contributed by atoms with Gasteiger partial charge in [0.15, 0.2) is 23.4 Å². The van der Waals surface area contributed by atoms with Crippen LogP contribution in [0.2, 0.25) is 0 Å². The van der Waals surface area contributed by atoms with Crippen LogP contribution >= 0.6 is 11.8 Å². The Hall–Kier alpha value is -3.00. The van der Waals surface area contributed by atoms with E-state index in [4.69, 9.17) is 4.74 Å². The fraction of sp³-hybridized carbons (Fsp3) is 0.167. The van der Waals surface area contributed by atoms with Gasteiger partial charge in [-0.25, -0.2) is 0 Å². The van der Waals surface area contributed by atoms with E-state index < -0.39 is 6.23 Å². The van der Waals surface area contributed by atoms with Crippen LogP contribution in [0.4, 0.5) is 5.69 Å². The fourth-order valence-corrected chi connectivity index (χ4v) is 3.20. The number of nitrogens with zero attached hydrogens (tertiary/aromatic N) is 3. The summed E-state index contributed by atoms with van der Waals surface area (Å²) in [5.41, 5.74) is 2.85. The summed E-state index contributed by atoms with van der Waals surface area (Å²) in [5.74, 6) is 0.790. The number of rotatable bonds is 3. The van der Waals surface area contributed by atoms with Gasteiger partial charge in [-0.1, -0.05) is 36.9 Å². The van der Waals surface area contributed by atoms with Crippen molar-refractivity contribution in [3.8, 4) is 28.6 Å². The van der Waals surface area contributed by atoms with Crippen LogP contribution in [0.15, 0.2) is 47.6 Å². The predicted octanol–water partition coefficient (Wildman–Crippen LogP) is 3.56. The van der Waals surface area contributed by atoms with Gasteiger partial charge < -0.3 is 20.3 Å². The van der Waals surface area contributed by atoms with Gasteiger partial charge in [0.05, 0.1) is 0 Å². The van der Waals surface area contributed by atoms with E-state index in [-0.39, 0.29) is 11.5 Å². The maximum atomic E-state index is 9.83. The molecule has 26 heavy (non-hydrogen) atoms. The molecule has 0 saturated heterocycles. The lowest BCUT2D eigenvalue weighted by Crippen LogP contribution is -2.17. The Labute approximate surface area is 154 Å². The monoisotopic (exact) mass is 368 g/mol. The molecular weight excluding hydrogens is 352 g/mol. The van der Waals surface area contributed by atoms with Crippen LogP contribution in [-0.2, 0) is 0 Å². The Morgan fingerprint density at radius 3 is 2.77 bits per heavy atom. The second kappa shape index (κ2) is 6.72. The van der Waals surface area contributed by atoms with Gasteiger partial charge in [-0.2, -0.15) is 4.98 Å². The Bertz CT molecular complexity index is 967. The smallest absolute Gasteiger partial charge is 0.247 e. The van der Waals surface area contributed by atoms with Gasteiger partial charge in [0.2, 0.25) is 11.0 Å². The minimum atomic E-state index is -0.611.